The van der Waals surface area contributed by atoms with Gasteiger partial charge in [-0.1, -0.05) is 41.7 Å². The minimum absolute atomic E-state index is 0.00806. The van der Waals surface area contributed by atoms with E-state index in [1.165, 1.54) is 12.1 Å². The number of anilines is 1. The number of aromatic nitrogens is 1. The minimum Gasteiger partial charge on any atom is -0.381 e. The molecule has 0 fully saturated rings. The van der Waals surface area contributed by atoms with Gasteiger partial charge in [0, 0.05) is 12.2 Å². The predicted molar refractivity (Wildman–Crippen MR) is 96.3 cm³/mol. The third-order valence-corrected chi connectivity index (χ3v) is 6.71. The number of hydrogen-bond donors (Lipinski definition) is 2. The van der Waals surface area contributed by atoms with Crippen molar-refractivity contribution in [2.45, 2.75) is 15.6 Å². The highest BCUT2D eigenvalue weighted by Crippen LogP contribution is 2.26. The van der Waals surface area contributed by atoms with Crippen LogP contribution in [-0.2, 0) is 16.4 Å². The first-order chi connectivity index (χ1) is 12.0. The van der Waals surface area contributed by atoms with Crippen LogP contribution < -0.4 is 11.1 Å². The van der Waals surface area contributed by atoms with Crippen molar-refractivity contribution in [2.24, 2.45) is 5.73 Å². The molecule has 3 N–H and O–H groups in total. The van der Waals surface area contributed by atoms with Crippen molar-refractivity contribution >= 4 is 32.8 Å². The third-order valence-electron chi connectivity index (χ3n) is 3.46. The Balaban J connectivity index is 1.75. The zero-order chi connectivity index (χ0) is 17.9. The molecule has 1 aromatic heterocycles. The molecule has 0 saturated carbocycles. The highest BCUT2D eigenvalue weighted by atomic mass is 32.2. The summed E-state index contributed by atoms with van der Waals surface area (Å²) in [6.45, 7) is 0.643. The van der Waals surface area contributed by atoms with Crippen LogP contribution in [0.5, 0.6) is 0 Å². The van der Waals surface area contributed by atoms with Crippen LogP contribution in [0.2, 0.25) is 0 Å². The molecule has 25 heavy (non-hydrogen) atoms. The van der Waals surface area contributed by atoms with Gasteiger partial charge in [0.25, 0.3) is 5.91 Å². The standard InChI is InChI=1S/C17H15N3O3S2/c18-16(21)17-20-11-15(24-17)25(22,23)14-8-6-13(7-9-14)19-10-12-4-2-1-3-5-12/h1-9,11,19H,10H2,(H2,18,21). The summed E-state index contributed by atoms with van der Waals surface area (Å²) in [7, 11) is -3.72. The molecule has 8 heteroatoms. The van der Waals surface area contributed by atoms with Crippen molar-refractivity contribution in [3.05, 3.63) is 71.4 Å². The van der Waals surface area contributed by atoms with Crippen LogP contribution in [0.4, 0.5) is 5.69 Å². The molecule has 128 valence electrons. The van der Waals surface area contributed by atoms with Crippen LogP contribution in [0, 0.1) is 0 Å². The first-order valence-electron chi connectivity index (χ1n) is 7.35. The van der Waals surface area contributed by atoms with Gasteiger partial charge in [0.1, 0.15) is 4.21 Å². The van der Waals surface area contributed by atoms with Crippen LogP contribution in [-0.4, -0.2) is 19.3 Å². The average Bonchev–Trinajstić information content (AvgIpc) is 3.12. The van der Waals surface area contributed by atoms with E-state index < -0.39 is 15.7 Å². The average molecular weight is 373 g/mol. The van der Waals surface area contributed by atoms with Crippen molar-refractivity contribution in [2.75, 3.05) is 5.32 Å². The largest absolute Gasteiger partial charge is 0.381 e. The number of nitrogens with two attached hydrogens (primary N) is 1. The summed E-state index contributed by atoms with van der Waals surface area (Å²) in [6, 6.07) is 16.3. The number of amides is 1. The number of nitrogens with zero attached hydrogens (tertiary/aromatic N) is 1. The number of sulfone groups is 1. The lowest BCUT2D eigenvalue weighted by Crippen LogP contribution is -2.09. The number of nitrogens with one attached hydrogen (secondary N) is 1. The van der Waals surface area contributed by atoms with Gasteiger partial charge in [-0.2, -0.15) is 0 Å². The Morgan fingerprint density at radius 2 is 1.76 bits per heavy atom. The molecule has 0 bridgehead atoms. The second-order valence-electron chi connectivity index (χ2n) is 5.22. The molecule has 6 nitrogen and oxygen atoms in total. The van der Waals surface area contributed by atoms with Crippen LogP contribution in [0.1, 0.15) is 15.4 Å². The molecule has 0 radical (unpaired) electrons. The predicted octanol–water partition coefficient (Wildman–Crippen LogP) is 2.69. The van der Waals surface area contributed by atoms with E-state index in [0.717, 1.165) is 28.8 Å². The van der Waals surface area contributed by atoms with E-state index in [1.807, 2.05) is 30.3 Å². The first kappa shape index (κ1) is 17.1. The Labute approximate surface area is 149 Å². The summed E-state index contributed by atoms with van der Waals surface area (Å²) < 4.78 is 25.1. The molecule has 0 spiro atoms. The maximum Gasteiger partial charge on any atom is 0.277 e. The molecule has 0 aliphatic rings. The summed E-state index contributed by atoms with van der Waals surface area (Å²) in [4.78, 5) is 15.0. The maximum absolute atomic E-state index is 12.6. The molecule has 0 aliphatic heterocycles. The number of carbonyl (C=O) groups excluding carboxylic acids is 1. The lowest BCUT2D eigenvalue weighted by Gasteiger charge is -2.07. The number of primary amides is 1. The smallest absolute Gasteiger partial charge is 0.277 e. The molecule has 0 saturated heterocycles. The summed E-state index contributed by atoms with van der Waals surface area (Å²) in [6.07, 6.45) is 1.15. The van der Waals surface area contributed by atoms with E-state index in [1.54, 1.807) is 12.1 Å². The molecule has 0 aliphatic carbocycles. The van der Waals surface area contributed by atoms with Crippen molar-refractivity contribution in [1.82, 2.24) is 4.98 Å². The second kappa shape index (κ2) is 7.04. The summed E-state index contributed by atoms with van der Waals surface area (Å²) >= 11 is 0.765. The number of rotatable bonds is 6. The molecule has 1 amide bonds. The van der Waals surface area contributed by atoms with Gasteiger partial charge in [0.15, 0.2) is 5.01 Å². The molecule has 3 rings (SSSR count). The van der Waals surface area contributed by atoms with E-state index in [-0.39, 0.29) is 14.1 Å². The minimum atomic E-state index is -3.72. The molecule has 3 aromatic rings. The fourth-order valence-electron chi connectivity index (χ4n) is 2.17. The van der Waals surface area contributed by atoms with Gasteiger partial charge in [-0.3, -0.25) is 4.79 Å². The van der Waals surface area contributed by atoms with Crippen molar-refractivity contribution in [1.29, 1.82) is 0 Å². The molecule has 0 atom stereocenters. The Morgan fingerprint density at radius 3 is 2.36 bits per heavy atom. The van der Waals surface area contributed by atoms with Crippen LogP contribution in [0.3, 0.4) is 0 Å². The van der Waals surface area contributed by atoms with Gasteiger partial charge in [0.2, 0.25) is 9.84 Å². The second-order valence-corrected chi connectivity index (χ2v) is 8.42. The zero-order valence-electron chi connectivity index (χ0n) is 13.0. The van der Waals surface area contributed by atoms with Gasteiger partial charge in [-0.05, 0) is 29.8 Å². The Hall–Kier alpha value is -2.71. The van der Waals surface area contributed by atoms with E-state index in [9.17, 15) is 13.2 Å². The fraction of sp³-hybridized carbons (Fsp3) is 0.0588. The maximum atomic E-state index is 12.6. The topological polar surface area (TPSA) is 102 Å². The van der Waals surface area contributed by atoms with Crippen LogP contribution in [0.25, 0.3) is 0 Å². The van der Waals surface area contributed by atoms with E-state index >= 15 is 0 Å². The fourth-order valence-corrected chi connectivity index (χ4v) is 4.55. The molecule has 2 aromatic carbocycles. The SMILES string of the molecule is NC(=O)c1ncc(S(=O)(=O)c2ccc(NCc3ccccc3)cc2)s1. The summed E-state index contributed by atoms with van der Waals surface area (Å²) in [5.74, 6) is -0.744. The molecular weight excluding hydrogens is 358 g/mol. The van der Waals surface area contributed by atoms with Crippen LogP contribution >= 0.6 is 11.3 Å². The van der Waals surface area contributed by atoms with E-state index in [0.29, 0.717) is 6.54 Å². The highest BCUT2D eigenvalue weighted by Gasteiger charge is 2.22. The van der Waals surface area contributed by atoms with Crippen molar-refractivity contribution < 1.29 is 13.2 Å². The van der Waals surface area contributed by atoms with E-state index in [4.69, 9.17) is 5.73 Å². The highest BCUT2D eigenvalue weighted by molar-refractivity contribution is 7.93. The zero-order valence-corrected chi connectivity index (χ0v) is 14.7. The summed E-state index contributed by atoms with van der Waals surface area (Å²) in [5.41, 5.74) is 7.05. The van der Waals surface area contributed by atoms with Crippen molar-refractivity contribution in [3.8, 4) is 0 Å². The quantitative estimate of drug-likeness (QED) is 0.692. The van der Waals surface area contributed by atoms with Gasteiger partial charge >= 0.3 is 0 Å². The molecule has 1 heterocycles. The Morgan fingerprint density at radius 1 is 1.08 bits per heavy atom. The van der Waals surface area contributed by atoms with Crippen LogP contribution in [0.15, 0.2) is 69.9 Å². The van der Waals surface area contributed by atoms with Gasteiger partial charge in [0.05, 0.1) is 11.1 Å². The van der Waals surface area contributed by atoms with Gasteiger partial charge in [-0.25, -0.2) is 13.4 Å². The summed E-state index contributed by atoms with van der Waals surface area (Å²) in [5, 5.41) is 3.20. The lowest BCUT2D eigenvalue weighted by molar-refractivity contribution is 0.1000. The Bertz CT molecular complexity index is 981. The monoisotopic (exact) mass is 373 g/mol. The normalized spacial score (nSPS) is 11.2. The number of benzene rings is 2. The number of thiazole rings is 1. The number of carbonyl (C=O) groups is 1. The number of hydrogen-bond acceptors (Lipinski definition) is 6. The Kier molecular flexibility index (Phi) is 4.82. The van der Waals surface area contributed by atoms with Gasteiger partial charge in [-0.15, -0.1) is 0 Å². The molecular formula is C17H15N3O3S2. The first-order valence-corrected chi connectivity index (χ1v) is 9.65. The third kappa shape index (κ3) is 3.86. The van der Waals surface area contributed by atoms with E-state index in [2.05, 4.69) is 10.3 Å². The van der Waals surface area contributed by atoms with Crippen molar-refractivity contribution in [3.63, 3.8) is 0 Å². The van der Waals surface area contributed by atoms with Gasteiger partial charge < -0.3 is 11.1 Å². The lowest BCUT2D eigenvalue weighted by atomic mass is 10.2. The molecule has 0 unspecified atom stereocenters.